The summed E-state index contributed by atoms with van der Waals surface area (Å²) in [4.78, 5) is 23.4. The van der Waals surface area contributed by atoms with E-state index in [2.05, 4.69) is 4.74 Å². The fourth-order valence-electron chi connectivity index (χ4n) is 1.75. The van der Waals surface area contributed by atoms with Crippen molar-refractivity contribution in [2.75, 3.05) is 14.2 Å². The van der Waals surface area contributed by atoms with Gasteiger partial charge in [0.1, 0.15) is 17.1 Å². The first-order valence-electron chi connectivity index (χ1n) is 6.19. The molecule has 0 spiro atoms. The molecule has 2 aromatic carbocycles. The summed E-state index contributed by atoms with van der Waals surface area (Å²) >= 11 is 0. The van der Waals surface area contributed by atoms with E-state index in [1.807, 2.05) is 18.2 Å². The second kappa shape index (κ2) is 6.56. The minimum Gasteiger partial charge on any atom is -0.465 e. The summed E-state index contributed by atoms with van der Waals surface area (Å²) in [6.07, 6.45) is 0. The first-order chi connectivity index (χ1) is 10.2. The van der Waals surface area contributed by atoms with Crippen LogP contribution in [0.1, 0.15) is 20.7 Å². The van der Waals surface area contributed by atoms with E-state index in [1.165, 1.54) is 32.4 Å². The molecule has 0 saturated heterocycles. The fraction of sp³-hybridized carbons (Fsp3) is 0.125. The molecule has 5 nitrogen and oxygen atoms in total. The van der Waals surface area contributed by atoms with Crippen LogP contribution in [0.25, 0.3) is 0 Å². The van der Waals surface area contributed by atoms with Crippen LogP contribution < -0.4 is 4.74 Å². The van der Waals surface area contributed by atoms with Crippen LogP contribution in [0.4, 0.5) is 0 Å². The van der Waals surface area contributed by atoms with Crippen LogP contribution in [0.2, 0.25) is 0 Å². The van der Waals surface area contributed by atoms with Crippen molar-refractivity contribution in [3.05, 3.63) is 59.7 Å². The van der Waals surface area contributed by atoms with Gasteiger partial charge in [0.25, 0.3) is 0 Å². The maximum atomic E-state index is 11.8. The molecule has 0 saturated carbocycles. The Kier molecular flexibility index (Phi) is 4.56. The van der Waals surface area contributed by atoms with Crippen molar-refractivity contribution in [1.82, 2.24) is 0 Å². The summed E-state index contributed by atoms with van der Waals surface area (Å²) in [6.45, 7) is 0. The minimum absolute atomic E-state index is 0.157. The molecule has 108 valence electrons. The lowest BCUT2D eigenvalue weighted by atomic mass is 10.1. The summed E-state index contributed by atoms with van der Waals surface area (Å²) in [5.41, 5.74) is 0.405. The Morgan fingerprint density at radius 1 is 0.857 bits per heavy atom. The standard InChI is InChI=1S/C16H14O5/c1-19-15(17)11-8-9-14(13(10-11)16(18)20-2)21-12-6-4-3-5-7-12/h3-10H,1-2H3. The molecule has 0 unspecified atom stereocenters. The number of carbonyl (C=O) groups excluding carboxylic acids is 2. The number of methoxy groups -OCH3 is 2. The zero-order valence-corrected chi connectivity index (χ0v) is 11.7. The van der Waals surface area contributed by atoms with Crippen molar-refractivity contribution < 1.29 is 23.8 Å². The number of esters is 2. The van der Waals surface area contributed by atoms with E-state index in [0.717, 1.165) is 0 Å². The molecule has 0 aliphatic heterocycles. The highest BCUT2D eigenvalue weighted by atomic mass is 16.5. The molecular formula is C16H14O5. The first kappa shape index (κ1) is 14.6. The average Bonchev–Trinajstić information content (AvgIpc) is 2.54. The highest BCUT2D eigenvalue weighted by Gasteiger charge is 2.17. The van der Waals surface area contributed by atoms with Crippen LogP contribution >= 0.6 is 0 Å². The number of hydrogen-bond acceptors (Lipinski definition) is 5. The van der Waals surface area contributed by atoms with Crippen LogP contribution in [0.15, 0.2) is 48.5 Å². The number of ether oxygens (including phenoxy) is 3. The fourth-order valence-corrected chi connectivity index (χ4v) is 1.75. The van der Waals surface area contributed by atoms with Crippen molar-refractivity contribution in [2.45, 2.75) is 0 Å². The van der Waals surface area contributed by atoms with Crippen LogP contribution in [0, 0.1) is 0 Å². The number of rotatable bonds is 4. The summed E-state index contributed by atoms with van der Waals surface area (Å²) in [7, 11) is 2.54. The molecular weight excluding hydrogens is 272 g/mol. The Hall–Kier alpha value is -2.82. The Bertz CT molecular complexity index is 649. The number of carbonyl (C=O) groups is 2. The topological polar surface area (TPSA) is 61.8 Å². The van der Waals surface area contributed by atoms with E-state index < -0.39 is 11.9 Å². The van der Waals surface area contributed by atoms with Gasteiger partial charge >= 0.3 is 11.9 Å². The second-order valence-corrected chi connectivity index (χ2v) is 4.11. The molecule has 0 fully saturated rings. The number of benzene rings is 2. The van der Waals surface area contributed by atoms with E-state index in [0.29, 0.717) is 11.5 Å². The third-order valence-corrected chi connectivity index (χ3v) is 2.78. The minimum atomic E-state index is -0.591. The predicted molar refractivity (Wildman–Crippen MR) is 75.6 cm³/mol. The van der Waals surface area contributed by atoms with Crippen LogP contribution in [0.3, 0.4) is 0 Å². The van der Waals surface area contributed by atoms with Gasteiger partial charge in [-0.25, -0.2) is 9.59 Å². The van der Waals surface area contributed by atoms with Gasteiger partial charge in [-0.15, -0.1) is 0 Å². The lowest BCUT2D eigenvalue weighted by molar-refractivity contribution is 0.0597. The smallest absolute Gasteiger partial charge is 0.341 e. The van der Waals surface area contributed by atoms with E-state index in [4.69, 9.17) is 9.47 Å². The Balaban J connectivity index is 2.40. The Morgan fingerprint density at radius 3 is 2.14 bits per heavy atom. The molecule has 5 heteroatoms. The summed E-state index contributed by atoms with van der Waals surface area (Å²) < 4.78 is 15.0. The van der Waals surface area contributed by atoms with E-state index in [9.17, 15) is 9.59 Å². The maximum Gasteiger partial charge on any atom is 0.341 e. The molecule has 0 bridgehead atoms. The molecule has 0 heterocycles. The molecule has 0 aromatic heterocycles. The molecule has 21 heavy (non-hydrogen) atoms. The highest BCUT2D eigenvalue weighted by Crippen LogP contribution is 2.27. The van der Waals surface area contributed by atoms with Crippen molar-refractivity contribution >= 4 is 11.9 Å². The molecule has 0 N–H and O–H groups in total. The lowest BCUT2D eigenvalue weighted by Gasteiger charge is -2.11. The SMILES string of the molecule is COC(=O)c1ccc(Oc2ccccc2)c(C(=O)OC)c1. The largest absolute Gasteiger partial charge is 0.465 e. The second-order valence-electron chi connectivity index (χ2n) is 4.11. The van der Waals surface area contributed by atoms with E-state index in [1.54, 1.807) is 12.1 Å². The summed E-state index contributed by atoms with van der Waals surface area (Å²) in [6, 6.07) is 13.4. The first-order valence-corrected chi connectivity index (χ1v) is 6.19. The third kappa shape index (κ3) is 3.39. The van der Waals surface area contributed by atoms with Gasteiger partial charge in [0, 0.05) is 0 Å². The lowest BCUT2D eigenvalue weighted by Crippen LogP contribution is -2.08. The number of hydrogen-bond donors (Lipinski definition) is 0. The van der Waals surface area contributed by atoms with E-state index in [-0.39, 0.29) is 11.1 Å². The van der Waals surface area contributed by atoms with Crippen LogP contribution in [0.5, 0.6) is 11.5 Å². The maximum absolute atomic E-state index is 11.8. The van der Waals surface area contributed by atoms with Gasteiger partial charge in [0.2, 0.25) is 0 Å². The van der Waals surface area contributed by atoms with Gasteiger partial charge in [0.15, 0.2) is 0 Å². The average molecular weight is 286 g/mol. The molecule has 0 amide bonds. The Morgan fingerprint density at radius 2 is 1.52 bits per heavy atom. The van der Waals surface area contributed by atoms with Gasteiger partial charge in [-0.3, -0.25) is 0 Å². The molecule has 2 rings (SSSR count). The molecule has 0 atom stereocenters. The van der Waals surface area contributed by atoms with Crippen molar-refractivity contribution in [3.63, 3.8) is 0 Å². The van der Waals surface area contributed by atoms with Gasteiger partial charge in [-0.2, -0.15) is 0 Å². The van der Waals surface area contributed by atoms with Crippen molar-refractivity contribution in [1.29, 1.82) is 0 Å². The van der Waals surface area contributed by atoms with Gasteiger partial charge in [0.05, 0.1) is 19.8 Å². The third-order valence-electron chi connectivity index (χ3n) is 2.78. The molecule has 2 aromatic rings. The van der Waals surface area contributed by atoms with E-state index >= 15 is 0 Å². The predicted octanol–water partition coefficient (Wildman–Crippen LogP) is 3.05. The zero-order chi connectivity index (χ0) is 15.2. The highest BCUT2D eigenvalue weighted by molar-refractivity contribution is 5.97. The van der Waals surface area contributed by atoms with Crippen LogP contribution in [-0.4, -0.2) is 26.2 Å². The zero-order valence-electron chi connectivity index (χ0n) is 11.7. The van der Waals surface area contributed by atoms with Crippen molar-refractivity contribution in [2.24, 2.45) is 0 Å². The quantitative estimate of drug-likeness (QED) is 0.808. The van der Waals surface area contributed by atoms with Gasteiger partial charge in [-0.05, 0) is 30.3 Å². The number of para-hydroxylation sites is 1. The normalized spacial score (nSPS) is 9.81. The summed E-state index contributed by atoms with van der Waals surface area (Å²) in [5, 5.41) is 0. The monoisotopic (exact) mass is 286 g/mol. The summed E-state index contributed by atoms with van der Waals surface area (Å²) in [5.74, 6) is -0.243. The Labute approximate surface area is 122 Å². The molecule has 0 aliphatic carbocycles. The van der Waals surface area contributed by atoms with Gasteiger partial charge in [-0.1, -0.05) is 18.2 Å². The van der Waals surface area contributed by atoms with Crippen molar-refractivity contribution in [3.8, 4) is 11.5 Å². The molecule has 0 aliphatic rings. The molecule has 0 radical (unpaired) electrons. The van der Waals surface area contributed by atoms with Crippen LogP contribution in [-0.2, 0) is 9.47 Å². The van der Waals surface area contributed by atoms with Gasteiger partial charge < -0.3 is 14.2 Å².